The number of carbonyl (C=O) groups excluding carboxylic acids is 1. The van der Waals surface area contributed by atoms with Gasteiger partial charge in [-0.3, -0.25) is 4.90 Å². The molecule has 1 unspecified atom stereocenters. The van der Waals surface area contributed by atoms with Gasteiger partial charge in [-0.15, -0.1) is 0 Å². The summed E-state index contributed by atoms with van der Waals surface area (Å²) in [4.78, 5) is 14.1. The largest absolute Gasteiger partial charge is 0.444 e. The normalized spacial score (nSPS) is 22.2. The molecule has 1 saturated heterocycles. The van der Waals surface area contributed by atoms with Gasteiger partial charge in [-0.1, -0.05) is 30.3 Å². The number of benzene rings is 1. The van der Waals surface area contributed by atoms with Crippen LogP contribution < -0.4 is 0 Å². The first kappa shape index (κ1) is 18.7. The summed E-state index contributed by atoms with van der Waals surface area (Å²) < 4.78 is 34.8. The van der Waals surface area contributed by atoms with Crippen molar-refractivity contribution in [3.8, 4) is 0 Å². The number of amides is 1. The fourth-order valence-electron chi connectivity index (χ4n) is 2.89. The first-order valence-corrected chi connectivity index (χ1v) is 9.82. The highest BCUT2D eigenvalue weighted by molar-refractivity contribution is 7.86. The smallest absolute Gasteiger partial charge is 0.412 e. The van der Waals surface area contributed by atoms with E-state index in [0.29, 0.717) is 18.5 Å². The van der Waals surface area contributed by atoms with Crippen LogP contribution in [0.15, 0.2) is 30.3 Å². The maximum absolute atomic E-state index is 12.7. The molecule has 0 radical (unpaired) electrons. The van der Waals surface area contributed by atoms with E-state index in [4.69, 9.17) is 8.92 Å². The van der Waals surface area contributed by atoms with Crippen molar-refractivity contribution in [2.24, 2.45) is 0 Å². The Kier molecular flexibility index (Phi) is 5.25. The molecule has 0 N–H and O–H groups in total. The molecule has 0 saturated carbocycles. The maximum Gasteiger partial charge on any atom is 0.412 e. The van der Waals surface area contributed by atoms with Crippen LogP contribution in [0.4, 0.5) is 4.79 Å². The van der Waals surface area contributed by atoms with Crippen molar-refractivity contribution in [1.82, 2.24) is 4.90 Å². The van der Waals surface area contributed by atoms with Crippen LogP contribution in [-0.2, 0) is 24.8 Å². The Hall–Kier alpha value is -1.60. The standard InChI is InChI=1S/C17H25NO5S/c1-16(2,3)22-15(19)18-13-9-8-12-17(18,23-24(4,20)21)14-10-6-5-7-11-14/h5-7,10-11H,8-9,12-13H2,1-4H3. The van der Waals surface area contributed by atoms with E-state index in [1.165, 1.54) is 4.90 Å². The van der Waals surface area contributed by atoms with Gasteiger partial charge in [0, 0.05) is 18.5 Å². The SMILES string of the molecule is CC(C)(C)OC(=O)N1CCCCC1(OS(C)(=O)=O)c1ccccc1. The molecule has 6 nitrogen and oxygen atoms in total. The molecule has 1 amide bonds. The number of likely N-dealkylation sites (tertiary alicyclic amines) is 1. The van der Waals surface area contributed by atoms with Gasteiger partial charge >= 0.3 is 6.09 Å². The van der Waals surface area contributed by atoms with E-state index in [0.717, 1.165) is 19.1 Å². The van der Waals surface area contributed by atoms with Crippen molar-refractivity contribution in [3.63, 3.8) is 0 Å². The molecule has 1 aromatic carbocycles. The first-order valence-electron chi connectivity index (χ1n) is 8.00. The fraction of sp³-hybridized carbons (Fsp3) is 0.588. The van der Waals surface area contributed by atoms with Crippen LogP contribution in [0.5, 0.6) is 0 Å². The molecule has 0 aromatic heterocycles. The molecule has 1 aromatic rings. The van der Waals surface area contributed by atoms with Gasteiger partial charge in [0.25, 0.3) is 10.1 Å². The Morgan fingerprint density at radius 1 is 1.17 bits per heavy atom. The molecule has 24 heavy (non-hydrogen) atoms. The lowest BCUT2D eigenvalue weighted by Gasteiger charge is -2.45. The summed E-state index contributed by atoms with van der Waals surface area (Å²) in [7, 11) is -3.79. The van der Waals surface area contributed by atoms with Crippen LogP contribution in [0.1, 0.15) is 45.6 Å². The van der Waals surface area contributed by atoms with E-state index >= 15 is 0 Å². The molecule has 134 valence electrons. The zero-order valence-electron chi connectivity index (χ0n) is 14.6. The number of piperidine rings is 1. The lowest BCUT2D eigenvalue weighted by molar-refractivity contribution is -0.110. The van der Waals surface area contributed by atoms with Gasteiger partial charge < -0.3 is 4.74 Å². The van der Waals surface area contributed by atoms with Gasteiger partial charge in [-0.25, -0.2) is 8.98 Å². The second kappa shape index (κ2) is 6.72. The van der Waals surface area contributed by atoms with Crippen molar-refractivity contribution in [3.05, 3.63) is 35.9 Å². The van der Waals surface area contributed by atoms with Crippen LogP contribution >= 0.6 is 0 Å². The van der Waals surface area contributed by atoms with E-state index in [2.05, 4.69) is 0 Å². The number of rotatable bonds is 3. The monoisotopic (exact) mass is 355 g/mol. The summed E-state index contributed by atoms with van der Waals surface area (Å²) in [5, 5.41) is 0. The van der Waals surface area contributed by atoms with Gasteiger partial charge in [0.05, 0.1) is 6.26 Å². The molecule has 2 rings (SSSR count). The summed E-state index contributed by atoms with van der Waals surface area (Å²) >= 11 is 0. The molecule has 1 aliphatic rings. The van der Waals surface area contributed by atoms with Gasteiger partial charge in [-0.05, 0) is 33.6 Å². The van der Waals surface area contributed by atoms with Crippen LogP contribution in [-0.4, -0.2) is 37.8 Å². The lowest BCUT2D eigenvalue weighted by Crippen LogP contribution is -2.55. The second-order valence-corrected chi connectivity index (χ2v) is 8.60. The predicted octanol–water partition coefficient (Wildman–Crippen LogP) is 3.24. The number of carbonyl (C=O) groups is 1. The van der Waals surface area contributed by atoms with Crippen molar-refractivity contribution < 1.29 is 22.1 Å². The molecule has 0 bridgehead atoms. The minimum Gasteiger partial charge on any atom is -0.444 e. The van der Waals surface area contributed by atoms with Crippen LogP contribution in [0.3, 0.4) is 0 Å². The summed E-state index contributed by atoms with van der Waals surface area (Å²) in [5.74, 6) is 0. The van der Waals surface area contributed by atoms with Crippen molar-refractivity contribution in [2.75, 3.05) is 12.8 Å². The third-order valence-electron chi connectivity index (χ3n) is 3.71. The third kappa shape index (κ3) is 4.48. The Morgan fingerprint density at radius 2 is 1.79 bits per heavy atom. The molecule has 1 atom stereocenters. The van der Waals surface area contributed by atoms with E-state index < -0.39 is 27.5 Å². The molecule has 1 heterocycles. The van der Waals surface area contributed by atoms with E-state index in [9.17, 15) is 13.2 Å². The average Bonchev–Trinajstić information content (AvgIpc) is 2.45. The quantitative estimate of drug-likeness (QED) is 0.778. The molecule has 0 aliphatic carbocycles. The molecule has 7 heteroatoms. The van der Waals surface area contributed by atoms with Crippen molar-refractivity contribution >= 4 is 16.2 Å². The fourth-order valence-corrected chi connectivity index (χ4v) is 3.66. The minimum atomic E-state index is -3.79. The summed E-state index contributed by atoms with van der Waals surface area (Å²) in [6.45, 7) is 5.70. The molecular formula is C17H25NO5S. The van der Waals surface area contributed by atoms with Crippen LogP contribution in [0.2, 0.25) is 0 Å². The average molecular weight is 355 g/mol. The summed E-state index contributed by atoms with van der Waals surface area (Å²) in [6, 6.07) is 8.97. The second-order valence-electron chi connectivity index (χ2n) is 7.03. The van der Waals surface area contributed by atoms with Crippen molar-refractivity contribution in [2.45, 2.75) is 51.4 Å². The summed E-state index contributed by atoms with van der Waals surface area (Å²) in [6.07, 6.45) is 2.34. The Labute approximate surface area is 143 Å². The number of hydrogen-bond donors (Lipinski definition) is 0. The van der Waals surface area contributed by atoms with Gasteiger partial charge in [0.15, 0.2) is 5.72 Å². The Morgan fingerprint density at radius 3 is 2.33 bits per heavy atom. The van der Waals surface area contributed by atoms with Crippen molar-refractivity contribution in [1.29, 1.82) is 0 Å². The van der Waals surface area contributed by atoms with E-state index in [-0.39, 0.29) is 0 Å². The van der Waals surface area contributed by atoms with Crippen LogP contribution in [0, 0.1) is 0 Å². The Bertz CT molecular complexity index is 681. The molecule has 1 fully saturated rings. The first-order chi connectivity index (χ1) is 11.0. The zero-order valence-corrected chi connectivity index (χ0v) is 15.4. The minimum absolute atomic E-state index is 0.374. The number of nitrogens with zero attached hydrogens (tertiary/aromatic N) is 1. The van der Waals surface area contributed by atoms with Gasteiger partial charge in [0.1, 0.15) is 5.60 Å². The third-order valence-corrected chi connectivity index (χ3v) is 4.29. The van der Waals surface area contributed by atoms with Crippen LogP contribution in [0.25, 0.3) is 0 Å². The van der Waals surface area contributed by atoms with Gasteiger partial charge in [0.2, 0.25) is 0 Å². The lowest BCUT2D eigenvalue weighted by atomic mass is 9.91. The predicted molar refractivity (Wildman–Crippen MR) is 90.8 cm³/mol. The zero-order chi connectivity index (χ0) is 18.0. The molecule has 1 aliphatic heterocycles. The van der Waals surface area contributed by atoms with E-state index in [1.54, 1.807) is 45.0 Å². The summed E-state index contributed by atoms with van der Waals surface area (Å²) in [5.41, 5.74) is -1.42. The Balaban J connectivity index is 2.50. The molecule has 0 spiro atoms. The van der Waals surface area contributed by atoms with E-state index in [1.807, 2.05) is 6.07 Å². The highest BCUT2D eigenvalue weighted by Crippen LogP contribution is 2.40. The highest BCUT2D eigenvalue weighted by atomic mass is 32.2. The van der Waals surface area contributed by atoms with Gasteiger partial charge in [-0.2, -0.15) is 8.42 Å². The molecular weight excluding hydrogens is 330 g/mol. The highest BCUT2D eigenvalue weighted by Gasteiger charge is 2.48. The number of hydrogen-bond acceptors (Lipinski definition) is 5. The maximum atomic E-state index is 12.7. The number of ether oxygens (including phenoxy) is 1. The topological polar surface area (TPSA) is 72.9 Å².